The third-order valence-electron chi connectivity index (χ3n) is 3.78. The lowest BCUT2D eigenvalue weighted by Crippen LogP contribution is -2.41. The Morgan fingerprint density at radius 2 is 1.68 bits per heavy atom. The van der Waals surface area contributed by atoms with Gasteiger partial charge in [0.15, 0.2) is 11.6 Å². The summed E-state index contributed by atoms with van der Waals surface area (Å²) in [5.41, 5.74) is -0.506. The molecule has 1 fully saturated rings. The molecule has 0 radical (unpaired) electrons. The Morgan fingerprint density at radius 3 is 2.16 bits per heavy atom. The zero-order valence-electron chi connectivity index (χ0n) is 11.7. The van der Waals surface area contributed by atoms with Crippen LogP contribution >= 0.6 is 11.6 Å². The number of benzene rings is 1. The summed E-state index contributed by atoms with van der Waals surface area (Å²) in [6, 6.07) is 2.72. The molecule has 0 aliphatic carbocycles. The van der Waals surface area contributed by atoms with Crippen LogP contribution in [0.2, 0.25) is 5.02 Å². The van der Waals surface area contributed by atoms with E-state index in [1.807, 2.05) is 27.7 Å². The van der Waals surface area contributed by atoms with Gasteiger partial charge in [-0.1, -0.05) is 11.6 Å². The first-order valence-corrected chi connectivity index (χ1v) is 6.44. The summed E-state index contributed by atoms with van der Waals surface area (Å²) in [6.45, 7) is 7.73. The van der Waals surface area contributed by atoms with E-state index in [0.717, 1.165) is 0 Å². The van der Waals surface area contributed by atoms with Gasteiger partial charge in [0.25, 0.3) is 0 Å². The number of methoxy groups -OCH3 is 1. The van der Waals surface area contributed by atoms with Crippen molar-refractivity contribution in [3.05, 3.63) is 23.0 Å². The maximum atomic E-state index is 13.8. The lowest BCUT2D eigenvalue weighted by molar-refractivity contribution is 0.00578. The topological polar surface area (TPSA) is 27.7 Å². The molecule has 1 aliphatic rings. The monoisotopic (exact) mass is 286 g/mol. The molecular formula is C13H17BClFO3. The Balaban J connectivity index is 2.37. The molecule has 0 amide bonds. The molecule has 3 nitrogen and oxygen atoms in total. The van der Waals surface area contributed by atoms with Crippen molar-refractivity contribution in [2.75, 3.05) is 7.11 Å². The summed E-state index contributed by atoms with van der Waals surface area (Å²) in [7, 11) is 0.710. The van der Waals surface area contributed by atoms with E-state index in [1.54, 1.807) is 0 Å². The van der Waals surface area contributed by atoms with Crippen LogP contribution in [0.25, 0.3) is 0 Å². The Kier molecular flexibility index (Phi) is 3.58. The Bertz CT molecular complexity index is 489. The first kappa shape index (κ1) is 14.6. The summed E-state index contributed by atoms with van der Waals surface area (Å²) in [6.07, 6.45) is 0. The molecule has 0 saturated carbocycles. The van der Waals surface area contributed by atoms with Crippen LogP contribution in [0.15, 0.2) is 12.1 Å². The SMILES string of the molecule is COc1cc(Cl)c(B2OC(C)(C)C(C)(C)O2)cc1F. The quantitative estimate of drug-likeness (QED) is 0.783. The van der Waals surface area contributed by atoms with E-state index < -0.39 is 24.1 Å². The van der Waals surface area contributed by atoms with Gasteiger partial charge < -0.3 is 14.0 Å². The number of rotatable bonds is 2. The van der Waals surface area contributed by atoms with Crippen LogP contribution in [-0.4, -0.2) is 25.4 Å². The molecule has 1 aromatic rings. The molecule has 0 bridgehead atoms. The standard InChI is InChI=1S/C13H17BClFO3/c1-12(2)13(3,4)19-14(18-12)8-6-10(16)11(17-5)7-9(8)15/h6-7H,1-5H3. The Labute approximate surface area is 118 Å². The van der Waals surface area contributed by atoms with Crippen molar-refractivity contribution in [1.82, 2.24) is 0 Å². The van der Waals surface area contributed by atoms with Crippen molar-refractivity contribution in [1.29, 1.82) is 0 Å². The molecule has 0 aromatic heterocycles. The second-order valence-electron chi connectivity index (χ2n) is 5.60. The van der Waals surface area contributed by atoms with Gasteiger partial charge in [-0.05, 0) is 33.8 Å². The third-order valence-corrected chi connectivity index (χ3v) is 4.11. The van der Waals surface area contributed by atoms with E-state index >= 15 is 0 Å². The summed E-state index contributed by atoms with van der Waals surface area (Å²) in [5, 5.41) is 0.358. The highest BCUT2D eigenvalue weighted by atomic mass is 35.5. The molecule has 104 valence electrons. The highest BCUT2D eigenvalue weighted by Gasteiger charge is 2.52. The predicted octanol–water partition coefficient (Wildman–Crippen LogP) is 2.79. The molecule has 1 heterocycles. The van der Waals surface area contributed by atoms with E-state index in [-0.39, 0.29) is 5.75 Å². The highest BCUT2D eigenvalue weighted by molar-refractivity contribution is 6.65. The second-order valence-corrected chi connectivity index (χ2v) is 6.00. The molecule has 1 aliphatic heterocycles. The predicted molar refractivity (Wildman–Crippen MR) is 73.7 cm³/mol. The van der Waals surface area contributed by atoms with Gasteiger partial charge in [0.1, 0.15) is 0 Å². The molecule has 0 atom stereocenters. The average molecular weight is 287 g/mol. The molecule has 0 unspecified atom stereocenters. The van der Waals surface area contributed by atoms with Gasteiger partial charge in [-0.15, -0.1) is 0 Å². The van der Waals surface area contributed by atoms with E-state index in [1.165, 1.54) is 19.2 Å². The minimum atomic E-state index is -0.682. The first-order chi connectivity index (χ1) is 8.68. The number of hydrogen-bond donors (Lipinski definition) is 0. The highest BCUT2D eigenvalue weighted by Crippen LogP contribution is 2.37. The zero-order valence-corrected chi connectivity index (χ0v) is 12.5. The van der Waals surface area contributed by atoms with Crippen LogP contribution in [0.5, 0.6) is 5.75 Å². The van der Waals surface area contributed by atoms with E-state index in [4.69, 9.17) is 25.6 Å². The minimum Gasteiger partial charge on any atom is -0.494 e. The van der Waals surface area contributed by atoms with Crippen molar-refractivity contribution in [2.45, 2.75) is 38.9 Å². The van der Waals surface area contributed by atoms with Gasteiger partial charge >= 0.3 is 7.12 Å². The van der Waals surface area contributed by atoms with Gasteiger partial charge in [0.2, 0.25) is 0 Å². The fraction of sp³-hybridized carbons (Fsp3) is 0.538. The maximum absolute atomic E-state index is 13.8. The Morgan fingerprint density at radius 1 is 1.16 bits per heavy atom. The molecular weight excluding hydrogens is 269 g/mol. The molecule has 0 spiro atoms. The lowest BCUT2D eigenvalue weighted by atomic mass is 9.79. The van der Waals surface area contributed by atoms with E-state index in [2.05, 4.69) is 0 Å². The van der Waals surface area contributed by atoms with E-state index in [0.29, 0.717) is 10.5 Å². The molecule has 6 heteroatoms. The number of halogens is 2. The van der Waals surface area contributed by atoms with Gasteiger partial charge in [-0.25, -0.2) is 4.39 Å². The molecule has 1 saturated heterocycles. The van der Waals surface area contributed by atoms with Crippen molar-refractivity contribution in [3.8, 4) is 5.75 Å². The second kappa shape index (κ2) is 4.65. The normalized spacial score (nSPS) is 20.7. The fourth-order valence-electron chi connectivity index (χ4n) is 1.85. The number of ether oxygens (including phenoxy) is 1. The minimum absolute atomic E-state index is 0.102. The summed E-state index contributed by atoms with van der Waals surface area (Å²) < 4.78 is 30.3. The fourth-order valence-corrected chi connectivity index (χ4v) is 2.09. The number of hydrogen-bond acceptors (Lipinski definition) is 3. The van der Waals surface area contributed by atoms with Gasteiger partial charge in [-0.3, -0.25) is 0 Å². The molecule has 2 rings (SSSR count). The van der Waals surface area contributed by atoms with Crippen LogP contribution in [-0.2, 0) is 9.31 Å². The third kappa shape index (κ3) is 2.47. The first-order valence-electron chi connectivity index (χ1n) is 6.06. The van der Waals surface area contributed by atoms with Crippen LogP contribution in [0.3, 0.4) is 0 Å². The molecule has 19 heavy (non-hydrogen) atoms. The van der Waals surface area contributed by atoms with Gasteiger partial charge in [0.05, 0.1) is 18.3 Å². The van der Waals surface area contributed by atoms with Crippen molar-refractivity contribution in [3.63, 3.8) is 0 Å². The Hall–Kier alpha value is -0.775. The van der Waals surface area contributed by atoms with Crippen LogP contribution in [0.1, 0.15) is 27.7 Å². The van der Waals surface area contributed by atoms with Gasteiger partial charge in [-0.2, -0.15) is 0 Å². The average Bonchev–Trinajstić information content (AvgIpc) is 2.50. The summed E-state index contributed by atoms with van der Waals surface area (Å²) in [4.78, 5) is 0. The smallest absolute Gasteiger partial charge is 0.494 e. The maximum Gasteiger partial charge on any atom is 0.496 e. The summed E-state index contributed by atoms with van der Waals surface area (Å²) >= 11 is 6.14. The van der Waals surface area contributed by atoms with Crippen LogP contribution in [0, 0.1) is 5.82 Å². The van der Waals surface area contributed by atoms with Crippen LogP contribution in [0.4, 0.5) is 4.39 Å². The van der Waals surface area contributed by atoms with Crippen molar-refractivity contribution in [2.24, 2.45) is 0 Å². The lowest BCUT2D eigenvalue weighted by Gasteiger charge is -2.32. The van der Waals surface area contributed by atoms with Crippen molar-refractivity contribution < 1.29 is 18.4 Å². The molecule has 0 N–H and O–H groups in total. The van der Waals surface area contributed by atoms with Crippen molar-refractivity contribution >= 4 is 24.2 Å². The van der Waals surface area contributed by atoms with Gasteiger partial charge in [0, 0.05) is 16.6 Å². The largest absolute Gasteiger partial charge is 0.496 e. The zero-order chi connectivity index (χ0) is 14.4. The van der Waals surface area contributed by atoms with Crippen LogP contribution < -0.4 is 10.2 Å². The van der Waals surface area contributed by atoms with E-state index in [9.17, 15) is 4.39 Å². The summed E-state index contributed by atoms with van der Waals surface area (Å²) in [5.74, 6) is -0.387. The molecule has 1 aromatic carbocycles.